The minimum absolute atomic E-state index is 0.00372. The van der Waals surface area contributed by atoms with Gasteiger partial charge in [-0.05, 0) is 49.4 Å². The first-order valence-electron chi connectivity index (χ1n) is 10.4. The molecule has 0 aliphatic rings. The van der Waals surface area contributed by atoms with Gasteiger partial charge in [-0.3, -0.25) is 19.7 Å². The first-order valence-corrected chi connectivity index (χ1v) is 11.1. The molecule has 0 aliphatic carbocycles. The Morgan fingerprint density at radius 3 is 2.41 bits per heavy atom. The summed E-state index contributed by atoms with van der Waals surface area (Å²) in [6, 6.07) is 14.1. The number of hydrogen-bond donors (Lipinski definition) is 2. The molecule has 0 fully saturated rings. The molecule has 2 amide bonds. The maximum atomic E-state index is 12.5. The molecule has 0 heterocycles. The van der Waals surface area contributed by atoms with E-state index in [2.05, 4.69) is 15.8 Å². The van der Waals surface area contributed by atoms with Crippen LogP contribution in [0.3, 0.4) is 0 Å². The molecule has 0 saturated carbocycles. The van der Waals surface area contributed by atoms with Crippen LogP contribution in [0.4, 0.5) is 11.4 Å². The smallest absolute Gasteiger partial charge is 0.350 e. The fraction of sp³-hybridized carbons (Fsp3) is 0.0833. The standard InChI is InChI=1S/C24H18Cl2N4O7/c1-13(28-29-23(32)22(31)27-18-12-15(25)8-9-17(18)26)14-7-10-20(21(11-14)36-2)37-24(33)16-5-3-4-6-19(16)30(34)35/h3-12H,1-2H3,(H,27,31)(H,29,32). The number of rotatable bonds is 7. The van der Waals surface area contributed by atoms with Gasteiger partial charge in [0.15, 0.2) is 11.5 Å². The zero-order chi connectivity index (χ0) is 27.1. The number of nitrogens with one attached hydrogen (secondary N) is 2. The Labute approximate surface area is 220 Å². The summed E-state index contributed by atoms with van der Waals surface area (Å²) in [5, 5.41) is 17.9. The van der Waals surface area contributed by atoms with Crippen LogP contribution in [0, 0.1) is 10.1 Å². The van der Waals surface area contributed by atoms with E-state index in [1.807, 2.05) is 0 Å². The highest BCUT2D eigenvalue weighted by molar-refractivity contribution is 6.42. The van der Waals surface area contributed by atoms with Crippen molar-refractivity contribution in [2.45, 2.75) is 6.92 Å². The summed E-state index contributed by atoms with van der Waals surface area (Å²) in [5.74, 6) is -2.89. The van der Waals surface area contributed by atoms with Gasteiger partial charge in [0.25, 0.3) is 5.69 Å². The maximum absolute atomic E-state index is 12.5. The number of carbonyl (C=O) groups is 3. The number of methoxy groups -OCH3 is 1. The van der Waals surface area contributed by atoms with Crippen LogP contribution in [0.25, 0.3) is 0 Å². The largest absolute Gasteiger partial charge is 0.493 e. The molecule has 0 bridgehead atoms. The predicted octanol–water partition coefficient (Wildman–Crippen LogP) is 4.61. The van der Waals surface area contributed by atoms with E-state index in [9.17, 15) is 24.5 Å². The van der Waals surface area contributed by atoms with Gasteiger partial charge in [0.1, 0.15) is 5.56 Å². The average molecular weight is 545 g/mol. The monoisotopic (exact) mass is 544 g/mol. The van der Waals surface area contributed by atoms with Crippen LogP contribution in [-0.4, -0.2) is 35.5 Å². The van der Waals surface area contributed by atoms with Gasteiger partial charge in [-0.1, -0.05) is 35.3 Å². The van der Waals surface area contributed by atoms with Gasteiger partial charge < -0.3 is 14.8 Å². The molecule has 3 aromatic carbocycles. The number of hydrogen-bond acceptors (Lipinski definition) is 8. The number of amides is 2. The van der Waals surface area contributed by atoms with Gasteiger partial charge >= 0.3 is 17.8 Å². The third kappa shape index (κ3) is 6.81. The topological polar surface area (TPSA) is 149 Å². The lowest BCUT2D eigenvalue weighted by molar-refractivity contribution is -0.385. The summed E-state index contributed by atoms with van der Waals surface area (Å²) in [5.41, 5.74) is 2.41. The molecule has 0 saturated heterocycles. The van der Waals surface area contributed by atoms with E-state index in [4.69, 9.17) is 32.7 Å². The van der Waals surface area contributed by atoms with E-state index >= 15 is 0 Å². The fourth-order valence-corrected chi connectivity index (χ4v) is 3.30. The molecule has 0 unspecified atom stereocenters. The van der Waals surface area contributed by atoms with Crippen LogP contribution in [-0.2, 0) is 9.59 Å². The number of ether oxygens (including phenoxy) is 2. The highest BCUT2D eigenvalue weighted by Gasteiger charge is 2.22. The molecule has 190 valence electrons. The van der Waals surface area contributed by atoms with Crippen molar-refractivity contribution in [3.63, 3.8) is 0 Å². The predicted molar refractivity (Wildman–Crippen MR) is 136 cm³/mol. The summed E-state index contributed by atoms with van der Waals surface area (Å²) in [6.07, 6.45) is 0. The van der Waals surface area contributed by atoms with E-state index in [1.165, 1.54) is 67.8 Å². The molecular weight excluding hydrogens is 527 g/mol. The van der Waals surface area contributed by atoms with Crippen LogP contribution in [0.1, 0.15) is 22.8 Å². The summed E-state index contributed by atoms with van der Waals surface area (Å²) in [4.78, 5) is 47.3. The summed E-state index contributed by atoms with van der Waals surface area (Å²) in [6.45, 7) is 1.56. The van der Waals surface area contributed by atoms with Gasteiger partial charge in [0.2, 0.25) is 0 Å². The number of nitro groups is 1. The Balaban J connectivity index is 1.71. The molecule has 0 aromatic heterocycles. The van der Waals surface area contributed by atoms with E-state index in [0.717, 1.165) is 0 Å². The number of anilines is 1. The van der Waals surface area contributed by atoms with Crippen LogP contribution in [0.15, 0.2) is 65.8 Å². The lowest BCUT2D eigenvalue weighted by Gasteiger charge is -2.11. The lowest BCUT2D eigenvalue weighted by atomic mass is 10.1. The van der Waals surface area contributed by atoms with Crippen molar-refractivity contribution in [3.8, 4) is 11.5 Å². The zero-order valence-electron chi connectivity index (χ0n) is 19.3. The Kier molecular flexibility index (Phi) is 8.77. The van der Waals surface area contributed by atoms with Crippen molar-refractivity contribution in [3.05, 3.63) is 92.0 Å². The second-order valence-corrected chi connectivity index (χ2v) is 8.09. The highest BCUT2D eigenvalue weighted by atomic mass is 35.5. The number of nitrogens with zero attached hydrogens (tertiary/aromatic N) is 2. The van der Waals surface area contributed by atoms with E-state index in [-0.39, 0.29) is 33.5 Å². The second kappa shape index (κ2) is 12.0. The second-order valence-electron chi connectivity index (χ2n) is 7.25. The number of benzene rings is 3. The number of esters is 1. The lowest BCUT2D eigenvalue weighted by Crippen LogP contribution is -2.33. The van der Waals surface area contributed by atoms with Gasteiger partial charge in [0.05, 0.1) is 28.5 Å². The van der Waals surface area contributed by atoms with Gasteiger partial charge in [-0.2, -0.15) is 5.10 Å². The molecule has 11 nitrogen and oxygen atoms in total. The third-order valence-electron chi connectivity index (χ3n) is 4.81. The molecule has 13 heteroatoms. The fourth-order valence-electron chi connectivity index (χ4n) is 2.96. The molecule has 0 spiro atoms. The van der Waals surface area contributed by atoms with Crippen molar-refractivity contribution < 1.29 is 28.8 Å². The van der Waals surface area contributed by atoms with E-state index < -0.39 is 28.4 Å². The minimum Gasteiger partial charge on any atom is -0.493 e. The van der Waals surface area contributed by atoms with Gasteiger partial charge in [0, 0.05) is 16.7 Å². The van der Waals surface area contributed by atoms with Crippen molar-refractivity contribution in [2.24, 2.45) is 5.10 Å². The maximum Gasteiger partial charge on any atom is 0.350 e. The SMILES string of the molecule is COc1cc(C(C)=NNC(=O)C(=O)Nc2cc(Cl)ccc2Cl)ccc1OC(=O)c1ccccc1[N+](=O)[O-]. The summed E-state index contributed by atoms with van der Waals surface area (Å²) < 4.78 is 10.6. The number of nitro benzene ring substituents is 1. The molecular formula is C24H18Cl2N4O7. The molecule has 0 radical (unpaired) electrons. The average Bonchev–Trinajstić information content (AvgIpc) is 2.89. The van der Waals surface area contributed by atoms with E-state index in [0.29, 0.717) is 10.6 Å². The number of para-hydroxylation sites is 1. The number of halogens is 2. The van der Waals surface area contributed by atoms with Crippen molar-refractivity contribution in [1.29, 1.82) is 0 Å². The molecule has 3 aromatic rings. The highest BCUT2D eigenvalue weighted by Crippen LogP contribution is 2.30. The minimum atomic E-state index is -1.06. The number of hydrazone groups is 1. The molecule has 37 heavy (non-hydrogen) atoms. The van der Waals surface area contributed by atoms with Crippen LogP contribution >= 0.6 is 23.2 Å². The van der Waals surface area contributed by atoms with Crippen molar-refractivity contribution >= 4 is 58.1 Å². The summed E-state index contributed by atoms with van der Waals surface area (Å²) >= 11 is 11.8. The number of carbonyl (C=O) groups excluding carboxylic acids is 3. The summed E-state index contributed by atoms with van der Waals surface area (Å²) in [7, 11) is 1.33. The first kappa shape index (κ1) is 27.1. The Hall–Kier alpha value is -4.48. The Morgan fingerprint density at radius 2 is 1.70 bits per heavy atom. The quantitative estimate of drug-likeness (QED) is 0.110. The van der Waals surface area contributed by atoms with Crippen LogP contribution in [0.5, 0.6) is 11.5 Å². The molecule has 0 aliphatic heterocycles. The van der Waals surface area contributed by atoms with Crippen LogP contribution < -0.4 is 20.2 Å². The Bertz CT molecular complexity index is 1430. The molecule has 0 atom stereocenters. The van der Waals surface area contributed by atoms with Gasteiger partial charge in [-0.25, -0.2) is 10.2 Å². The normalized spacial score (nSPS) is 10.9. The van der Waals surface area contributed by atoms with Crippen molar-refractivity contribution in [1.82, 2.24) is 5.43 Å². The first-order chi connectivity index (χ1) is 17.6. The third-order valence-corrected chi connectivity index (χ3v) is 5.38. The van der Waals surface area contributed by atoms with Crippen molar-refractivity contribution in [2.75, 3.05) is 12.4 Å². The van der Waals surface area contributed by atoms with Gasteiger partial charge in [-0.15, -0.1) is 0 Å². The van der Waals surface area contributed by atoms with Crippen LogP contribution in [0.2, 0.25) is 10.0 Å². The Morgan fingerprint density at radius 1 is 0.973 bits per heavy atom. The van der Waals surface area contributed by atoms with E-state index in [1.54, 1.807) is 6.92 Å². The molecule has 3 rings (SSSR count). The zero-order valence-corrected chi connectivity index (χ0v) is 20.8. The molecule has 2 N–H and O–H groups in total.